The van der Waals surface area contributed by atoms with Crippen LogP contribution in [0.25, 0.3) is 0 Å². The molecule has 0 aromatic rings. The van der Waals surface area contributed by atoms with Gasteiger partial charge in [-0.2, -0.15) is 0 Å². The monoisotopic (exact) mass is 224 g/mol. The van der Waals surface area contributed by atoms with Crippen molar-refractivity contribution in [1.29, 1.82) is 0 Å². The van der Waals surface area contributed by atoms with Crippen molar-refractivity contribution >= 4 is 5.91 Å². The maximum atomic E-state index is 12.1. The summed E-state index contributed by atoms with van der Waals surface area (Å²) in [4.78, 5) is 14.1. The highest BCUT2D eigenvalue weighted by Gasteiger charge is 2.26. The normalized spacial score (nSPS) is 19.1. The number of nitrogens with zero attached hydrogens (tertiary/aromatic N) is 1. The molecule has 0 bridgehead atoms. The van der Waals surface area contributed by atoms with Crippen LogP contribution >= 0.6 is 0 Å². The number of hydrogen-bond donors (Lipinski definition) is 1. The number of carbonyl (C=O) groups is 1. The minimum Gasteiger partial charge on any atom is -0.339 e. The van der Waals surface area contributed by atoms with Crippen molar-refractivity contribution in [3.63, 3.8) is 0 Å². The highest BCUT2D eigenvalue weighted by Crippen LogP contribution is 2.23. The quantitative estimate of drug-likeness (QED) is 0.727. The van der Waals surface area contributed by atoms with Crippen molar-refractivity contribution in [1.82, 2.24) is 4.90 Å². The summed E-state index contributed by atoms with van der Waals surface area (Å²) in [6.45, 7) is 6.44. The van der Waals surface area contributed by atoms with Gasteiger partial charge in [0.05, 0.1) is 6.04 Å². The predicted octanol–water partition coefficient (Wildman–Crippen LogP) is 2.07. The Balaban J connectivity index is 2.57. The van der Waals surface area contributed by atoms with Crippen LogP contribution < -0.4 is 5.73 Å². The molecule has 1 aliphatic carbocycles. The van der Waals surface area contributed by atoms with Crippen molar-refractivity contribution in [2.24, 2.45) is 5.73 Å². The first-order valence-corrected chi connectivity index (χ1v) is 6.37. The molecule has 16 heavy (non-hydrogen) atoms. The SMILES string of the molecule is C=CCC(N)C(=O)N(CC)C1CCCCC1. The summed E-state index contributed by atoms with van der Waals surface area (Å²) in [5, 5.41) is 0. The van der Waals surface area contributed by atoms with E-state index >= 15 is 0 Å². The first kappa shape index (κ1) is 13.2. The lowest BCUT2D eigenvalue weighted by molar-refractivity contribution is -0.135. The topological polar surface area (TPSA) is 46.3 Å². The van der Waals surface area contributed by atoms with E-state index in [0.717, 1.165) is 19.4 Å². The zero-order valence-electron chi connectivity index (χ0n) is 10.3. The van der Waals surface area contributed by atoms with Gasteiger partial charge in [-0.05, 0) is 26.2 Å². The summed E-state index contributed by atoms with van der Waals surface area (Å²) in [6.07, 6.45) is 8.36. The third kappa shape index (κ3) is 3.34. The molecule has 1 saturated carbocycles. The predicted molar refractivity (Wildman–Crippen MR) is 67.0 cm³/mol. The van der Waals surface area contributed by atoms with Gasteiger partial charge in [-0.3, -0.25) is 4.79 Å². The van der Waals surface area contributed by atoms with Crippen LogP contribution in [0, 0.1) is 0 Å². The summed E-state index contributed by atoms with van der Waals surface area (Å²) < 4.78 is 0. The molecule has 1 fully saturated rings. The number of amides is 1. The van der Waals surface area contributed by atoms with Gasteiger partial charge in [0.15, 0.2) is 0 Å². The van der Waals surface area contributed by atoms with Gasteiger partial charge in [0, 0.05) is 12.6 Å². The molecule has 2 N–H and O–H groups in total. The Kier molecular flexibility index (Phi) is 5.53. The fraction of sp³-hybridized carbons (Fsp3) is 0.769. The van der Waals surface area contributed by atoms with Gasteiger partial charge < -0.3 is 10.6 Å². The molecule has 0 aromatic heterocycles. The van der Waals surface area contributed by atoms with Crippen molar-refractivity contribution in [3.05, 3.63) is 12.7 Å². The van der Waals surface area contributed by atoms with E-state index in [1.165, 1.54) is 19.3 Å². The van der Waals surface area contributed by atoms with Crippen LogP contribution in [0.3, 0.4) is 0 Å². The smallest absolute Gasteiger partial charge is 0.240 e. The zero-order chi connectivity index (χ0) is 12.0. The zero-order valence-corrected chi connectivity index (χ0v) is 10.3. The first-order chi connectivity index (χ1) is 7.70. The molecule has 1 amide bonds. The van der Waals surface area contributed by atoms with Gasteiger partial charge in [0.1, 0.15) is 0 Å². The van der Waals surface area contributed by atoms with Gasteiger partial charge in [0.2, 0.25) is 5.91 Å². The van der Waals surface area contributed by atoms with Crippen molar-refractivity contribution in [2.45, 2.75) is 57.5 Å². The van der Waals surface area contributed by atoms with Crippen LogP contribution in [-0.2, 0) is 4.79 Å². The maximum absolute atomic E-state index is 12.1. The highest BCUT2D eigenvalue weighted by molar-refractivity contribution is 5.82. The lowest BCUT2D eigenvalue weighted by Gasteiger charge is -2.35. The van der Waals surface area contributed by atoms with Crippen LogP contribution in [-0.4, -0.2) is 29.4 Å². The molecule has 0 radical (unpaired) electrons. The van der Waals surface area contributed by atoms with Crippen LogP contribution in [0.1, 0.15) is 45.4 Å². The fourth-order valence-corrected chi connectivity index (χ4v) is 2.48. The van der Waals surface area contributed by atoms with E-state index in [1.807, 2.05) is 11.8 Å². The van der Waals surface area contributed by atoms with E-state index in [0.29, 0.717) is 12.5 Å². The Hall–Kier alpha value is -0.830. The molecule has 0 aromatic carbocycles. The third-order valence-electron chi connectivity index (χ3n) is 3.38. The summed E-state index contributed by atoms with van der Waals surface area (Å²) in [7, 11) is 0. The molecule has 3 nitrogen and oxygen atoms in total. The first-order valence-electron chi connectivity index (χ1n) is 6.37. The Bertz CT molecular complexity index is 234. The molecular formula is C13H24N2O. The molecule has 1 unspecified atom stereocenters. The Labute approximate surface area is 98.7 Å². The van der Waals surface area contributed by atoms with E-state index in [4.69, 9.17) is 5.73 Å². The van der Waals surface area contributed by atoms with Gasteiger partial charge in [-0.25, -0.2) is 0 Å². The summed E-state index contributed by atoms with van der Waals surface area (Å²) in [6, 6.07) is 0.0153. The van der Waals surface area contributed by atoms with Crippen LogP contribution in [0.4, 0.5) is 0 Å². The molecule has 1 aliphatic rings. The Morgan fingerprint density at radius 3 is 2.62 bits per heavy atom. The summed E-state index contributed by atoms with van der Waals surface area (Å²) in [5.41, 5.74) is 5.85. The summed E-state index contributed by atoms with van der Waals surface area (Å²) >= 11 is 0. The molecule has 0 heterocycles. The van der Waals surface area contributed by atoms with E-state index < -0.39 is 6.04 Å². The van der Waals surface area contributed by atoms with Crippen LogP contribution in [0.2, 0.25) is 0 Å². The molecule has 1 atom stereocenters. The maximum Gasteiger partial charge on any atom is 0.240 e. The number of carbonyl (C=O) groups excluding carboxylic acids is 1. The van der Waals surface area contributed by atoms with Gasteiger partial charge in [-0.1, -0.05) is 25.3 Å². The minimum atomic E-state index is -0.403. The second kappa shape index (κ2) is 6.69. The van der Waals surface area contributed by atoms with Gasteiger partial charge in [0.25, 0.3) is 0 Å². The number of rotatable bonds is 5. The fourth-order valence-electron chi connectivity index (χ4n) is 2.48. The van der Waals surface area contributed by atoms with Crippen molar-refractivity contribution in [2.75, 3.05) is 6.54 Å². The number of likely N-dealkylation sites (N-methyl/N-ethyl adjacent to an activating group) is 1. The molecule has 3 heteroatoms. The molecule has 1 rings (SSSR count). The number of nitrogens with two attached hydrogens (primary N) is 1. The van der Waals surface area contributed by atoms with Gasteiger partial charge in [-0.15, -0.1) is 6.58 Å². The number of hydrogen-bond acceptors (Lipinski definition) is 2. The van der Waals surface area contributed by atoms with Crippen molar-refractivity contribution in [3.8, 4) is 0 Å². The van der Waals surface area contributed by atoms with E-state index in [2.05, 4.69) is 6.58 Å². The van der Waals surface area contributed by atoms with Gasteiger partial charge >= 0.3 is 0 Å². The van der Waals surface area contributed by atoms with Crippen LogP contribution in [0.15, 0.2) is 12.7 Å². The van der Waals surface area contributed by atoms with Crippen molar-refractivity contribution < 1.29 is 4.79 Å². The average molecular weight is 224 g/mol. The molecule has 0 spiro atoms. The third-order valence-corrected chi connectivity index (χ3v) is 3.38. The lowest BCUT2D eigenvalue weighted by Crippen LogP contribution is -2.49. The standard InChI is InChI=1S/C13H24N2O/c1-3-8-12(14)13(16)15(4-2)11-9-6-5-7-10-11/h3,11-12H,1,4-10,14H2,2H3. The van der Waals surface area contributed by atoms with E-state index in [-0.39, 0.29) is 5.91 Å². The molecular weight excluding hydrogens is 200 g/mol. The van der Waals surface area contributed by atoms with E-state index in [9.17, 15) is 4.79 Å². The second-order valence-electron chi connectivity index (χ2n) is 4.55. The Morgan fingerprint density at radius 2 is 2.12 bits per heavy atom. The minimum absolute atomic E-state index is 0.0919. The molecule has 0 saturated heterocycles. The average Bonchev–Trinajstić information content (AvgIpc) is 2.31. The summed E-state index contributed by atoms with van der Waals surface area (Å²) in [5.74, 6) is 0.0919. The molecule has 92 valence electrons. The highest BCUT2D eigenvalue weighted by atomic mass is 16.2. The van der Waals surface area contributed by atoms with Crippen LogP contribution in [0.5, 0.6) is 0 Å². The Morgan fingerprint density at radius 1 is 1.50 bits per heavy atom. The second-order valence-corrected chi connectivity index (χ2v) is 4.55. The largest absolute Gasteiger partial charge is 0.339 e. The molecule has 0 aliphatic heterocycles. The van der Waals surface area contributed by atoms with E-state index in [1.54, 1.807) is 6.08 Å². The lowest BCUT2D eigenvalue weighted by atomic mass is 9.93.